The summed E-state index contributed by atoms with van der Waals surface area (Å²) in [4.78, 5) is 18.8. The van der Waals surface area contributed by atoms with E-state index in [2.05, 4.69) is 15.3 Å². The second-order valence-electron chi connectivity index (χ2n) is 3.69. The zero-order valence-corrected chi connectivity index (χ0v) is 11.3. The summed E-state index contributed by atoms with van der Waals surface area (Å²) in [5.74, 6) is -0.0436. The molecule has 1 aromatic heterocycles. The Morgan fingerprint density at radius 3 is 2.68 bits per heavy atom. The van der Waals surface area contributed by atoms with Gasteiger partial charge >= 0.3 is 0 Å². The summed E-state index contributed by atoms with van der Waals surface area (Å²) >= 11 is 11.5. The lowest BCUT2D eigenvalue weighted by molar-refractivity contribution is 0.112. The smallest absolute Gasteiger partial charge is 0.156 e. The minimum atomic E-state index is -0.559. The van der Waals surface area contributed by atoms with E-state index in [0.717, 1.165) is 6.07 Å². The molecule has 1 N–H and O–H groups in total. The maximum absolute atomic E-state index is 13.7. The number of nitrogens with one attached hydrogen (secondary N) is 1. The summed E-state index contributed by atoms with van der Waals surface area (Å²) in [7, 11) is 0. The molecule has 0 radical (unpaired) electrons. The Morgan fingerprint density at radius 2 is 2.05 bits per heavy atom. The topological polar surface area (TPSA) is 54.9 Å². The molecule has 0 aliphatic rings. The van der Waals surface area contributed by atoms with Crippen LogP contribution in [0.25, 0.3) is 0 Å². The predicted octanol–water partition coefficient (Wildman–Crippen LogP) is 3.79. The third kappa shape index (κ3) is 3.00. The van der Waals surface area contributed by atoms with Crippen LogP contribution in [-0.4, -0.2) is 16.3 Å². The Morgan fingerprint density at radius 1 is 1.32 bits per heavy atom. The molecule has 1 heterocycles. The van der Waals surface area contributed by atoms with Gasteiger partial charge in [0.15, 0.2) is 6.29 Å². The van der Waals surface area contributed by atoms with Crippen LogP contribution in [0.4, 0.5) is 15.9 Å². The van der Waals surface area contributed by atoms with Gasteiger partial charge in [0.25, 0.3) is 0 Å². The van der Waals surface area contributed by atoms with Gasteiger partial charge in [0.2, 0.25) is 0 Å². The van der Waals surface area contributed by atoms with Gasteiger partial charge in [-0.1, -0.05) is 23.2 Å². The van der Waals surface area contributed by atoms with Crippen molar-refractivity contribution in [2.75, 3.05) is 5.32 Å². The average Bonchev–Trinajstić information content (AvgIpc) is 2.32. The minimum absolute atomic E-state index is 0.0133. The molecule has 0 fully saturated rings. The van der Waals surface area contributed by atoms with Crippen LogP contribution in [0.3, 0.4) is 0 Å². The molecule has 0 saturated carbocycles. The quantitative estimate of drug-likeness (QED) is 0.692. The highest BCUT2D eigenvalue weighted by Crippen LogP contribution is 2.25. The fourth-order valence-electron chi connectivity index (χ4n) is 1.47. The van der Waals surface area contributed by atoms with Crippen LogP contribution >= 0.6 is 23.2 Å². The number of aryl methyl sites for hydroxylation is 1. The first-order valence-electron chi connectivity index (χ1n) is 5.22. The molecule has 98 valence electrons. The SMILES string of the molecule is Cc1nc(Cl)c(C=O)c(Nc2ccc(Cl)cc2F)n1. The molecule has 0 bridgehead atoms. The minimum Gasteiger partial charge on any atom is -0.337 e. The number of halogens is 3. The number of nitrogens with zero attached hydrogens (tertiary/aromatic N) is 2. The summed E-state index contributed by atoms with van der Waals surface area (Å²) in [5.41, 5.74) is 0.211. The van der Waals surface area contributed by atoms with E-state index >= 15 is 0 Å². The van der Waals surface area contributed by atoms with Gasteiger partial charge in [-0.05, 0) is 25.1 Å². The summed E-state index contributed by atoms with van der Waals surface area (Å²) in [5, 5.41) is 2.99. The van der Waals surface area contributed by atoms with Crippen molar-refractivity contribution in [3.63, 3.8) is 0 Å². The van der Waals surface area contributed by atoms with Crippen molar-refractivity contribution in [1.29, 1.82) is 0 Å². The van der Waals surface area contributed by atoms with E-state index in [4.69, 9.17) is 23.2 Å². The van der Waals surface area contributed by atoms with E-state index in [0.29, 0.717) is 12.1 Å². The van der Waals surface area contributed by atoms with Crippen molar-refractivity contribution in [1.82, 2.24) is 9.97 Å². The molecule has 4 nitrogen and oxygen atoms in total. The number of hydrogen-bond donors (Lipinski definition) is 1. The van der Waals surface area contributed by atoms with Gasteiger partial charge < -0.3 is 5.32 Å². The zero-order chi connectivity index (χ0) is 14.0. The number of rotatable bonds is 3. The molecule has 0 atom stereocenters. The fourth-order valence-corrected chi connectivity index (χ4v) is 1.88. The first-order chi connectivity index (χ1) is 9.01. The van der Waals surface area contributed by atoms with Crippen LogP contribution in [0.5, 0.6) is 0 Å². The highest BCUT2D eigenvalue weighted by molar-refractivity contribution is 6.32. The number of aldehydes is 1. The molecule has 19 heavy (non-hydrogen) atoms. The van der Waals surface area contributed by atoms with Crippen molar-refractivity contribution in [3.8, 4) is 0 Å². The molecular weight excluding hydrogens is 292 g/mol. The zero-order valence-electron chi connectivity index (χ0n) is 9.75. The lowest BCUT2D eigenvalue weighted by Gasteiger charge is -2.10. The van der Waals surface area contributed by atoms with Gasteiger partial charge in [0.1, 0.15) is 22.6 Å². The summed E-state index contributed by atoms with van der Waals surface area (Å²) in [6, 6.07) is 4.11. The van der Waals surface area contributed by atoms with Gasteiger partial charge in [-0.25, -0.2) is 14.4 Å². The lowest BCUT2D eigenvalue weighted by Crippen LogP contribution is -2.04. The highest BCUT2D eigenvalue weighted by Gasteiger charge is 2.13. The normalized spacial score (nSPS) is 10.3. The number of carbonyl (C=O) groups is 1. The Labute approximate surface area is 118 Å². The number of carbonyl (C=O) groups excluding carboxylic acids is 1. The predicted molar refractivity (Wildman–Crippen MR) is 71.9 cm³/mol. The fraction of sp³-hybridized carbons (Fsp3) is 0.0833. The molecule has 0 unspecified atom stereocenters. The Hall–Kier alpha value is -1.72. The van der Waals surface area contributed by atoms with Crippen molar-refractivity contribution >= 4 is 41.0 Å². The standard InChI is InChI=1S/C12H8Cl2FN3O/c1-6-16-11(14)8(5-19)12(17-6)18-10-3-2-7(13)4-9(10)15/h2-5H,1H3,(H,16,17,18). The van der Waals surface area contributed by atoms with Crippen molar-refractivity contribution in [3.05, 3.63) is 45.6 Å². The molecule has 0 spiro atoms. The summed E-state index contributed by atoms with van der Waals surface area (Å²) < 4.78 is 13.7. The highest BCUT2D eigenvalue weighted by atomic mass is 35.5. The maximum atomic E-state index is 13.7. The van der Waals surface area contributed by atoms with Crippen molar-refractivity contribution in [2.24, 2.45) is 0 Å². The molecular formula is C12H8Cl2FN3O. The number of aromatic nitrogens is 2. The first kappa shape index (κ1) is 13.7. The van der Waals surface area contributed by atoms with E-state index in [1.54, 1.807) is 6.92 Å². The van der Waals surface area contributed by atoms with Crippen LogP contribution in [0.2, 0.25) is 10.2 Å². The summed E-state index contributed by atoms with van der Waals surface area (Å²) in [6.45, 7) is 1.61. The average molecular weight is 300 g/mol. The van der Waals surface area contributed by atoms with E-state index in [1.165, 1.54) is 12.1 Å². The molecule has 0 saturated heterocycles. The molecule has 7 heteroatoms. The van der Waals surface area contributed by atoms with Crippen LogP contribution in [-0.2, 0) is 0 Å². The number of anilines is 2. The number of hydrogen-bond acceptors (Lipinski definition) is 4. The molecule has 0 aliphatic heterocycles. The lowest BCUT2D eigenvalue weighted by atomic mass is 10.2. The van der Waals surface area contributed by atoms with Gasteiger partial charge in [-0.3, -0.25) is 4.79 Å². The maximum Gasteiger partial charge on any atom is 0.156 e. The third-order valence-corrected chi connectivity index (χ3v) is 2.84. The molecule has 2 rings (SSSR count). The van der Waals surface area contributed by atoms with Crippen molar-refractivity contribution < 1.29 is 9.18 Å². The van der Waals surface area contributed by atoms with Gasteiger partial charge in [0, 0.05) is 5.02 Å². The van der Waals surface area contributed by atoms with E-state index < -0.39 is 5.82 Å². The van der Waals surface area contributed by atoms with Crippen LogP contribution < -0.4 is 5.32 Å². The monoisotopic (exact) mass is 299 g/mol. The summed E-state index contributed by atoms with van der Waals surface area (Å²) in [6.07, 6.45) is 0.512. The Balaban J connectivity index is 2.45. The van der Waals surface area contributed by atoms with Gasteiger partial charge in [-0.2, -0.15) is 0 Å². The third-order valence-electron chi connectivity index (χ3n) is 2.31. The van der Waals surface area contributed by atoms with Crippen LogP contribution in [0.1, 0.15) is 16.2 Å². The van der Waals surface area contributed by atoms with Crippen LogP contribution in [0.15, 0.2) is 18.2 Å². The Kier molecular flexibility index (Phi) is 3.97. The largest absolute Gasteiger partial charge is 0.337 e. The first-order valence-corrected chi connectivity index (χ1v) is 5.98. The van der Waals surface area contributed by atoms with E-state index in [1.807, 2.05) is 0 Å². The molecule has 0 amide bonds. The molecule has 0 aliphatic carbocycles. The van der Waals surface area contributed by atoms with Gasteiger partial charge in [0.05, 0.1) is 11.3 Å². The van der Waals surface area contributed by atoms with E-state index in [-0.39, 0.29) is 27.2 Å². The van der Waals surface area contributed by atoms with E-state index in [9.17, 15) is 9.18 Å². The number of benzene rings is 1. The second kappa shape index (κ2) is 5.50. The van der Waals surface area contributed by atoms with Gasteiger partial charge in [-0.15, -0.1) is 0 Å². The Bertz CT molecular complexity index is 649. The molecule has 2 aromatic rings. The van der Waals surface area contributed by atoms with Crippen LogP contribution in [0, 0.1) is 12.7 Å². The molecule has 1 aromatic carbocycles. The van der Waals surface area contributed by atoms with Crippen molar-refractivity contribution in [2.45, 2.75) is 6.92 Å². The second-order valence-corrected chi connectivity index (χ2v) is 4.49.